The normalized spacial score (nSPS) is 17.0. The van der Waals surface area contributed by atoms with Gasteiger partial charge in [0, 0.05) is 18.0 Å². The Morgan fingerprint density at radius 2 is 2.08 bits per heavy atom. The number of rotatable bonds is 4. The highest BCUT2D eigenvalue weighted by molar-refractivity contribution is 5.53. The van der Waals surface area contributed by atoms with Gasteiger partial charge in [-0.1, -0.05) is 35.5 Å². The molecule has 6 heteroatoms. The molecule has 1 N–H and O–H groups in total. The lowest BCUT2D eigenvalue weighted by Gasteiger charge is -2.14. The summed E-state index contributed by atoms with van der Waals surface area (Å²) in [7, 11) is 0. The van der Waals surface area contributed by atoms with Crippen LogP contribution in [0.25, 0.3) is 11.4 Å². The van der Waals surface area contributed by atoms with Crippen molar-refractivity contribution in [3.63, 3.8) is 0 Å². The third-order valence-electron chi connectivity index (χ3n) is 3.49. The van der Waals surface area contributed by atoms with E-state index in [1.165, 1.54) is 12.8 Å². The average molecular weight is 331 g/mol. The van der Waals surface area contributed by atoms with Gasteiger partial charge < -0.3 is 14.6 Å². The van der Waals surface area contributed by atoms with Gasteiger partial charge in [0.1, 0.15) is 5.60 Å². The Bertz CT molecular complexity index is 614. The Hall–Kier alpha value is -2.21. The number of hydrogen-bond donors (Lipinski definition) is 1. The van der Waals surface area contributed by atoms with Crippen LogP contribution in [-0.4, -0.2) is 34.8 Å². The fourth-order valence-corrected chi connectivity index (χ4v) is 2.33. The molecular formula is C18H25N3O3. The number of hydrogen-bond acceptors (Lipinski definition) is 6. The summed E-state index contributed by atoms with van der Waals surface area (Å²) in [6, 6.07) is 10.4. The molecule has 24 heavy (non-hydrogen) atoms. The molecular weight excluding hydrogens is 306 g/mol. The van der Waals surface area contributed by atoms with Gasteiger partial charge in [0.25, 0.3) is 6.47 Å². The van der Waals surface area contributed by atoms with E-state index in [0.717, 1.165) is 24.4 Å². The first-order chi connectivity index (χ1) is 11.5. The van der Waals surface area contributed by atoms with Crippen molar-refractivity contribution >= 4 is 6.47 Å². The monoisotopic (exact) mass is 331 g/mol. The predicted octanol–water partition coefficient (Wildman–Crippen LogP) is 2.99. The summed E-state index contributed by atoms with van der Waals surface area (Å²) in [6.45, 7) is 7.02. The molecule has 1 saturated heterocycles. The Morgan fingerprint density at radius 1 is 1.33 bits per heavy atom. The zero-order chi connectivity index (χ0) is 17.4. The van der Waals surface area contributed by atoms with E-state index in [9.17, 15) is 4.79 Å². The summed E-state index contributed by atoms with van der Waals surface area (Å²) >= 11 is 0. The van der Waals surface area contributed by atoms with Gasteiger partial charge in [-0.25, -0.2) is 0 Å². The third kappa shape index (κ3) is 6.12. The van der Waals surface area contributed by atoms with Crippen molar-refractivity contribution in [2.45, 2.75) is 51.7 Å². The van der Waals surface area contributed by atoms with Crippen LogP contribution in [0.15, 0.2) is 34.9 Å². The second-order valence-electron chi connectivity index (χ2n) is 6.70. The highest BCUT2D eigenvalue weighted by Gasteiger charge is 2.18. The molecule has 0 bridgehead atoms. The molecule has 3 rings (SSSR count). The van der Waals surface area contributed by atoms with Crippen LogP contribution < -0.4 is 5.32 Å². The van der Waals surface area contributed by atoms with E-state index in [1.807, 2.05) is 51.1 Å². The quantitative estimate of drug-likeness (QED) is 0.868. The first-order valence-corrected chi connectivity index (χ1v) is 8.21. The van der Waals surface area contributed by atoms with Crippen molar-refractivity contribution in [3.8, 4) is 11.4 Å². The smallest absolute Gasteiger partial charge is 0.293 e. The molecule has 2 heterocycles. The van der Waals surface area contributed by atoms with Gasteiger partial charge >= 0.3 is 0 Å². The molecule has 1 aliphatic heterocycles. The van der Waals surface area contributed by atoms with Crippen LogP contribution in [0, 0.1) is 0 Å². The van der Waals surface area contributed by atoms with E-state index in [1.54, 1.807) is 0 Å². The maximum absolute atomic E-state index is 9.60. The van der Waals surface area contributed by atoms with Crippen molar-refractivity contribution in [2.75, 3.05) is 6.54 Å². The molecule has 0 spiro atoms. The third-order valence-corrected chi connectivity index (χ3v) is 3.49. The van der Waals surface area contributed by atoms with Crippen molar-refractivity contribution in [3.05, 3.63) is 36.2 Å². The van der Waals surface area contributed by atoms with E-state index < -0.39 is 0 Å². The van der Waals surface area contributed by atoms with Gasteiger partial charge in [0.05, 0.1) is 0 Å². The zero-order valence-electron chi connectivity index (χ0n) is 14.5. The first-order valence-electron chi connectivity index (χ1n) is 8.21. The van der Waals surface area contributed by atoms with Crippen LogP contribution in [0.1, 0.15) is 39.5 Å². The maximum atomic E-state index is 9.60. The number of nitrogens with one attached hydrogen (secondary N) is 1. The van der Waals surface area contributed by atoms with Crippen LogP contribution in [0.4, 0.5) is 0 Å². The minimum Gasteiger partial charge on any atom is -0.462 e. The topological polar surface area (TPSA) is 77.2 Å². The molecule has 1 fully saturated rings. The molecule has 1 aromatic heterocycles. The van der Waals surface area contributed by atoms with Gasteiger partial charge in [0.2, 0.25) is 11.7 Å². The molecule has 6 nitrogen and oxygen atoms in total. The van der Waals surface area contributed by atoms with Gasteiger partial charge in [-0.2, -0.15) is 4.98 Å². The Labute approximate surface area is 142 Å². The lowest BCUT2D eigenvalue weighted by molar-refractivity contribution is -0.138. The lowest BCUT2D eigenvalue weighted by Crippen LogP contribution is -2.23. The lowest BCUT2D eigenvalue weighted by atomic mass is 10.1. The molecule has 130 valence electrons. The van der Waals surface area contributed by atoms with Crippen molar-refractivity contribution in [1.29, 1.82) is 0 Å². The van der Waals surface area contributed by atoms with Gasteiger partial charge in [-0.05, 0) is 40.2 Å². The molecule has 0 radical (unpaired) electrons. The minimum atomic E-state index is -0.318. The van der Waals surface area contributed by atoms with E-state index in [2.05, 4.69) is 20.2 Å². The minimum absolute atomic E-state index is 0.318. The molecule has 0 unspecified atom stereocenters. The number of carbonyl (C=O) groups excluding carboxylic acids is 1. The summed E-state index contributed by atoms with van der Waals surface area (Å²) < 4.78 is 9.83. The molecule has 0 aliphatic carbocycles. The standard InChI is InChI=1S/C13H15N3O.C5H10O2/c1-2-5-10(6-3-1)13-15-12(17-16-13)9-11-7-4-8-14-11;1-5(2,3)7-4-6/h1-3,5-6,11,14H,4,7-9H2;4H,1-3H3/t11-;/m1./s1. The van der Waals surface area contributed by atoms with E-state index >= 15 is 0 Å². The van der Waals surface area contributed by atoms with Crippen molar-refractivity contribution < 1.29 is 14.1 Å². The Kier molecular flexibility index (Phi) is 6.49. The highest BCUT2D eigenvalue weighted by Crippen LogP contribution is 2.17. The summed E-state index contributed by atoms with van der Waals surface area (Å²) in [5, 5.41) is 7.44. The van der Waals surface area contributed by atoms with E-state index in [-0.39, 0.29) is 5.60 Å². The Morgan fingerprint density at radius 3 is 2.62 bits per heavy atom. The van der Waals surface area contributed by atoms with Crippen LogP contribution in [0.5, 0.6) is 0 Å². The molecule has 1 aromatic carbocycles. The van der Waals surface area contributed by atoms with Crippen molar-refractivity contribution in [2.24, 2.45) is 0 Å². The summed E-state index contributed by atoms with van der Waals surface area (Å²) in [4.78, 5) is 14.0. The largest absolute Gasteiger partial charge is 0.462 e. The number of benzene rings is 1. The fraction of sp³-hybridized carbons (Fsp3) is 0.500. The van der Waals surface area contributed by atoms with Gasteiger partial charge in [-0.15, -0.1) is 0 Å². The number of carbonyl (C=O) groups is 1. The highest BCUT2D eigenvalue weighted by atomic mass is 16.5. The van der Waals surface area contributed by atoms with Gasteiger partial charge in [-0.3, -0.25) is 4.79 Å². The second kappa shape index (κ2) is 8.59. The molecule has 0 amide bonds. The van der Waals surface area contributed by atoms with E-state index in [4.69, 9.17) is 4.52 Å². The number of ether oxygens (including phenoxy) is 1. The Balaban J connectivity index is 0.000000256. The molecule has 1 aliphatic rings. The van der Waals surface area contributed by atoms with Gasteiger partial charge in [0.15, 0.2) is 0 Å². The SMILES string of the molecule is CC(C)(C)OC=O.c1ccc(-c2noc(C[C@H]3CCCN3)n2)cc1. The van der Waals surface area contributed by atoms with Crippen LogP contribution >= 0.6 is 0 Å². The first kappa shape index (κ1) is 18.1. The average Bonchev–Trinajstić information content (AvgIpc) is 3.20. The molecule has 0 saturated carbocycles. The van der Waals surface area contributed by atoms with Crippen LogP contribution in [-0.2, 0) is 16.0 Å². The second-order valence-corrected chi connectivity index (χ2v) is 6.70. The molecule has 1 atom stereocenters. The summed E-state index contributed by atoms with van der Waals surface area (Å²) in [6.07, 6.45) is 3.27. The van der Waals surface area contributed by atoms with Crippen molar-refractivity contribution in [1.82, 2.24) is 15.5 Å². The summed E-state index contributed by atoms with van der Waals surface area (Å²) in [5.74, 6) is 1.40. The molecule has 2 aromatic rings. The predicted molar refractivity (Wildman–Crippen MR) is 91.4 cm³/mol. The van der Waals surface area contributed by atoms with Crippen LogP contribution in [0.2, 0.25) is 0 Å². The number of aromatic nitrogens is 2. The zero-order valence-corrected chi connectivity index (χ0v) is 14.5. The number of nitrogens with zero attached hydrogens (tertiary/aromatic N) is 2. The summed E-state index contributed by atoms with van der Waals surface area (Å²) in [5.41, 5.74) is 0.684. The maximum Gasteiger partial charge on any atom is 0.293 e. The fourth-order valence-electron chi connectivity index (χ4n) is 2.33. The van der Waals surface area contributed by atoms with E-state index in [0.29, 0.717) is 18.3 Å². The van der Waals surface area contributed by atoms with Crippen LogP contribution in [0.3, 0.4) is 0 Å².